The van der Waals surface area contributed by atoms with Crippen molar-refractivity contribution in [3.63, 3.8) is 0 Å². The van der Waals surface area contributed by atoms with Gasteiger partial charge in [-0.25, -0.2) is 9.97 Å². The molecule has 0 N–H and O–H groups in total. The lowest BCUT2D eigenvalue weighted by Crippen LogP contribution is -2.11. The van der Waals surface area contributed by atoms with Crippen molar-refractivity contribution < 1.29 is 22.1 Å². The van der Waals surface area contributed by atoms with E-state index in [1.807, 2.05) is 6.92 Å². The van der Waals surface area contributed by atoms with Gasteiger partial charge in [0.1, 0.15) is 11.2 Å². The first-order valence-corrected chi connectivity index (χ1v) is 8.73. The maximum atomic E-state index is 12.5. The van der Waals surface area contributed by atoms with Crippen LogP contribution in [0.5, 0.6) is 17.4 Å². The molecule has 130 valence electrons. The van der Waals surface area contributed by atoms with Crippen LogP contribution in [0.2, 0.25) is 0 Å². The molecule has 0 atom stereocenters. The molecule has 0 aliphatic heterocycles. The van der Waals surface area contributed by atoms with Gasteiger partial charge in [0.15, 0.2) is 11.5 Å². The fraction of sp³-hybridized carbons (Fsp3) is 0.176. The van der Waals surface area contributed by atoms with Crippen LogP contribution in [0.25, 0.3) is 10.9 Å². The quantitative estimate of drug-likeness (QED) is 0.646. The lowest BCUT2D eigenvalue weighted by atomic mass is 10.2. The largest absolute Gasteiger partial charge is 0.493 e. The average Bonchev–Trinajstić information content (AvgIpc) is 2.61. The monoisotopic (exact) mass is 360 g/mol. The molecule has 3 rings (SSSR count). The van der Waals surface area contributed by atoms with Gasteiger partial charge < -0.3 is 13.7 Å². The Hall–Kier alpha value is -2.87. The van der Waals surface area contributed by atoms with Crippen molar-refractivity contribution in [1.29, 1.82) is 0 Å². The Balaban J connectivity index is 2.08. The molecule has 0 radical (unpaired) electrons. The fourth-order valence-electron chi connectivity index (χ4n) is 2.28. The van der Waals surface area contributed by atoms with Gasteiger partial charge in [-0.2, -0.15) is 8.42 Å². The first kappa shape index (κ1) is 17.0. The smallest absolute Gasteiger partial charge is 0.340 e. The second-order valence-electron chi connectivity index (χ2n) is 5.25. The number of aryl methyl sites for hydroxylation is 1. The van der Waals surface area contributed by atoms with Gasteiger partial charge in [-0.05, 0) is 25.1 Å². The summed E-state index contributed by atoms with van der Waals surface area (Å²) >= 11 is 0. The third-order valence-corrected chi connectivity index (χ3v) is 4.83. The molecule has 0 unspecified atom stereocenters. The van der Waals surface area contributed by atoms with Crippen molar-refractivity contribution in [3.8, 4) is 17.4 Å². The zero-order valence-electron chi connectivity index (χ0n) is 13.9. The van der Waals surface area contributed by atoms with Crippen LogP contribution < -0.4 is 13.7 Å². The van der Waals surface area contributed by atoms with E-state index in [0.29, 0.717) is 22.4 Å². The van der Waals surface area contributed by atoms with Gasteiger partial charge in [-0.15, -0.1) is 0 Å². The van der Waals surface area contributed by atoms with Crippen LogP contribution >= 0.6 is 0 Å². The molecule has 8 heteroatoms. The van der Waals surface area contributed by atoms with Gasteiger partial charge in [-0.3, -0.25) is 0 Å². The molecule has 0 aliphatic carbocycles. The van der Waals surface area contributed by atoms with E-state index in [4.69, 9.17) is 13.7 Å². The Morgan fingerprint density at radius 1 is 0.920 bits per heavy atom. The number of ether oxygens (including phenoxy) is 2. The minimum Gasteiger partial charge on any atom is -0.493 e. The lowest BCUT2D eigenvalue weighted by Gasteiger charge is -2.11. The maximum Gasteiger partial charge on any atom is 0.340 e. The van der Waals surface area contributed by atoms with E-state index >= 15 is 0 Å². The van der Waals surface area contributed by atoms with E-state index in [1.165, 1.54) is 32.7 Å². The van der Waals surface area contributed by atoms with Crippen molar-refractivity contribution in [2.24, 2.45) is 0 Å². The summed E-state index contributed by atoms with van der Waals surface area (Å²) in [5.74, 6) is 0.815. The second kappa shape index (κ2) is 6.56. The SMILES string of the molecule is COc1cc2ncnc(OS(=O)(=O)c3ccc(C)cc3)c2cc1OC. The van der Waals surface area contributed by atoms with E-state index in [9.17, 15) is 8.42 Å². The number of rotatable bonds is 5. The number of aromatic nitrogens is 2. The predicted octanol–water partition coefficient (Wildman–Crippen LogP) is 2.72. The topological polar surface area (TPSA) is 87.6 Å². The highest BCUT2D eigenvalue weighted by Gasteiger charge is 2.20. The molecule has 3 aromatic rings. The van der Waals surface area contributed by atoms with Gasteiger partial charge in [0, 0.05) is 6.07 Å². The highest BCUT2D eigenvalue weighted by molar-refractivity contribution is 7.87. The van der Waals surface area contributed by atoms with E-state index in [0.717, 1.165) is 5.56 Å². The molecule has 7 nitrogen and oxygen atoms in total. The summed E-state index contributed by atoms with van der Waals surface area (Å²) in [7, 11) is -1.03. The Kier molecular flexibility index (Phi) is 4.45. The van der Waals surface area contributed by atoms with E-state index in [2.05, 4.69) is 9.97 Å². The van der Waals surface area contributed by atoms with Crippen molar-refractivity contribution in [1.82, 2.24) is 9.97 Å². The predicted molar refractivity (Wildman–Crippen MR) is 91.6 cm³/mol. The first-order chi connectivity index (χ1) is 11.9. The Morgan fingerprint density at radius 3 is 2.20 bits per heavy atom. The number of methoxy groups -OCH3 is 2. The standard InChI is InChI=1S/C17H16N2O5S/c1-11-4-6-12(7-5-11)25(20,21)24-17-13-8-15(22-2)16(23-3)9-14(13)18-10-19-17/h4-10H,1-3H3. The van der Waals surface area contributed by atoms with Crippen molar-refractivity contribution in [2.45, 2.75) is 11.8 Å². The number of hydrogen-bond acceptors (Lipinski definition) is 7. The molecule has 0 bridgehead atoms. The van der Waals surface area contributed by atoms with Crippen LogP contribution in [-0.4, -0.2) is 32.6 Å². The van der Waals surface area contributed by atoms with E-state index in [1.54, 1.807) is 24.3 Å². The number of fused-ring (bicyclic) bond motifs is 1. The number of benzene rings is 2. The van der Waals surface area contributed by atoms with Gasteiger partial charge >= 0.3 is 10.1 Å². The fourth-order valence-corrected chi connectivity index (χ4v) is 3.19. The zero-order chi connectivity index (χ0) is 18.0. The summed E-state index contributed by atoms with van der Waals surface area (Å²) in [4.78, 5) is 8.12. The normalized spacial score (nSPS) is 11.3. The lowest BCUT2D eigenvalue weighted by molar-refractivity contribution is 0.355. The molecule has 0 saturated heterocycles. The highest BCUT2D eigenvalue weighted by atomic mass is 32.2. The summed E-state index contributed by atoms with van der Waals surface area (Å²) < 4.78 is 40.7. The molecule has 0 fully saturated rings. The van der Waals surface area contributed by atoms with Gasteiger partial charge in [0.05, 0.1) is 25.1 Å². The molecule has 0 amide bonds. The van der Waals surface area contributed by atoms with Crippen LogP contribution in [0.4, 0.5) is 0 Å². The second-order valence-corrected chi connectivity index (χ2v) is 6.80. The van der Waals surface area contributed by atoms with E-state index < -0.39 is 10.1 Å². The minimum atomic E-state index is -4.02. The zero-order valence-corrected chi connectivity index (χ0v) is 14.7. The first-order valence-electron chi connectivity index (χ1n) is 7.32. The molecule has 1 aromatic heterocycles. The third-order valence-electron chi connectivity index (χ3n) is 3.60. The summed E-state index contributed by atoms with van der Waals surface area (Å²) in [6.45, 7) is 1.87. The summed E-state index contributed by atoms with van der Waals surface area (Å²) in [5.41, 5.74) is 1.42. The number of hydrogen-bond donors (Lipinski definition) is 0. The minimum absolute atomic E-state index is 0.0466. The third kappa shape index (κ3) is 3.34. The molecule has 1 heterocycles. The van der Waals surface area contributed by atoms with Crippen molar-refractivity contribution >= 4 is 21.0 Å². The van der Waals surface area contributed by atoms with Crippen LogP contribution in [0.3, 0.4) is 0 Å². The highest BCUT2D eigenvalue weighted by Crippen LogP contribution is 2.35. The molecule has 25 heavy (non-hydrogen) atoms. The molecular weight excluding hydrogens is 344 g/mol. The molecule has 0 spiro atoms. The molecule has 2 aromatic carbocycles. The van der Waals surface area contributed by atoms with Crippen molar-refractivity contribution in [3.05, 3.63) is 48.3 Å². The van der Waals surface area contributed by atoms with Crippen LogP contribution in [0, 0.1) is 6.92 Å². The molecular formula is C17H16N2O5S. The summed E-state index contributed by atoms with van der Waals surface area (Å²) in [5, 5.41) is 0.399. The van der Waals surface area contributed by atoms with E-state index in [-0.39, 0.29) is 10.8 Å². The summed E-state index contributed by atoms with van der Waals surface area (Å²) in [6.07, 6.45) is 1.23. The van der Waals surface area contributed by atoms with Crippen LogP contribution in [-0.2, 0) is 10.1 Å². The Labute approximate surface area is 145 Å². The Bertz CT molecular complexity index is 1020. The van der Waals surface area contributed by atoms with Gasteiger partial charge in [-0.1, -0.05) is 17.7 Å². The van der Waals surface area contributed by atoms with Gasteiger partial charge in [0.25, 0.3) is 0 Å². The summed E-state index contributed by atoms with van der Waals surface area (Å²) in [6, 6.07) is 9.56. The van der Waals surface area contributed by atoms with Gasteiger partial charge in [0.2, 0.25) is 5.88 Å². The molecule has 0 aliphatic rings. The van der Waals surface area contributed by atoms with Crippen LogP contribution in [0.1, 0.15) is 5.56 Å². The van der Waals surface area contributed by atoms with Crippen LogP contribution in [0.15, 0.2) is 47.6 Å². The maximum absolute atomic E-state index is 12.5. The Morgan fingerprint density at radius 2 is 1.56 bits per heavy atom. The van der Waals surface area contributed by atoms with Crippen molar-refractivity contribution in [2.75, 3.05) is 14.2 Å². The molecule has 0 saturated carbocycles. The average molecular weight is 360 g/mol. The number of nitrogens with zero attached hydrogens (tertiary/aromatic N) is 2.